The number of hydrogen-bond donors (Lipinski definition) is 4. The molecule has 1 atom stereocenters. The molecule has 0 aliphatic carbocycles. The van der Waals surface area contributed by atoms with Gasteiger partial charge in [-0.1, -0.05) is 23.7 Å². The summed E-state index contributed by atoms with van der Waals surface area (Å²) < 4.78 is 7.41. The number of fused-ring (bicyclic) bond motifs is 1. The van der Waals surface area contributed by atoms with Crippen molar-refractivity contribution in [2.45, 2.75) is 45.3 Å². The van der Waals surface area contributed by atoms with Gasteiger partial charge in [-0.2, -0.15) is 0 Å². The van der Waals surface area contributed by atoms with Gasteiger partial charge in [0.1, 0.15) is 0 Å². The lowest BCUT2D eigenvalue weighted by molar-refractivity contribution is -0.119. The van der Waals surface area contributed by atoms with Crippen molar-refractivity contribution in [2.24, 2.45) is 7.05 Å². The Bertz CT molecular complexity index is 1950. The van der Waals surface area contributed by atoms with Gasteiger partial charge in [0.2, 0.25) is 11.8 Å². The van der Waals surface area contributed by atoms with Crippen LogP contribution in [0.2, 0.25) is 5.02 Å². The Labute approximate surface area is 294 Å². The van der Waals surface area contributed by atoms with Crippen molar-refractivity contribution < 1.29 is 29.3 Å². The van der Waals surface area contributed by atoms with Crippen molar-refractivity contribution in [1.82, 2.24) is 34.6 Å². The lowest BCUT2D eigenvalue weighted by Crippen LogP contribution is -2.41. The molecule has 14 nitrogen and oxygen atoms in total. The van der Waals surface area contributed by atoms with Crippen LogP contribution < -0.4 is 15.4 Å². The van der Waals surface area contributed by atoms with Gasteiger partial charge in [-0.25, -0.2) is 14.8 Å². The van der Waals surface area contributed by atoms with Crippen LogP contribution in [0.1, 0.15) is 46.0 Å². The number of imidazole rings is 1. The molecule has 0 saturated carbocycles. The van der Waals surface area contributed by atoms with Crippen LogP contribution in [-0.4, -0.2) is 96.8 Å². The van der Waals surface area contributed by atoms with Gasteiger partial charge < -0.3 is 35.1 Å². The third-order valence-electron chi connectivity index (χ3n) is 9.25. The number of rotatable bonds is 11. The molecule has 4 N–H and O–H groups in total. The second kappa shape index (κ2) is 14.8. The quantitative estimate of drug-likeness (QED) is 0.180. The summed E-state index contributed by atoms with van der Waals surface area (Å²) in [5, 5.41) is 25.3. The fourth-order valence-electron chi connectivity index (χ4n) is 6.57. The Balaban J connectivity index is 1.23. The maximum absolute atomic E-state index is 13.5. The van der Waals surface area contributed by atoms with E-state index in [1.165, 1.54) is 12.0 Å². The number of aliphatic hydroxyl groups excluding tert-OH is 1. The van der Waals surface area contributed by atoms with Crippen LogP contribution >= 0.6 is 11.6 Å². The highest BCUT2D eigenvalue weighted by Crippen LogP contribution is 2.38. The second-order valence-corrected chi connectivity index (χ2v) is 12.8. The first-order valence-corrected chi connectivity index (χ1v) is 16.7. The van der Waals surface area contributed by atoms with E-state index >= 15 is 0 Å². The van der Waals surface area contributed by atoms with Crippen LogP contribution in [0.4, 0.5) is 10.5 Å². The molecule has 0 spiro atoms. The van der Waals surface area contributed by atoms with Gasteiger partial charge >= 0.3 is 6.09 Å². The molecule has 2 aliphatic heterocycles. The molecule has 0 radical (unpaired) electrons. The minimum atomic E-state index is -1.11. The van der Waals surface area contributed by atoms with E-state index in [1.54, 1.807) is 24.4 Å². The van der Waals surface area contributed by atoms with Crippen molar-refractivity contribution in [1.29, 1.82) is 0 Å². The summed E-state index contributed by atoms with van der Waals surface area (Å²) >= 11 is 7.00. The summed E-state index contributed by atoms with van der Waals surface area (Å²) in [6.45, 7) is 4.06. The molecule has 0 bridgehead atoms. The number of nitrogens with one attached hydrogen (secondary N) is 2. The van der Waals surface area contributed by atoms with Crippen molar-refractivity contribution in [2.75, 3.05) is 38.7 Å². The molecule has 5 heterocycles. The maximum Gasteiger partial charge on any atom is 0.407 e. The molecule has 2 aliphatic rings. The van der Waals surface area contributed by atoms with E-state index in [-0.39, 0.29) is 43.4 Å². The van der Waals surface area contributed by atoms with E-state index in [2.05, 4.69) is 30.5 Å². The Kier molecular flexibility index (Phi) is 10.3. The summed E-state index contributed by atoms with van der Waals surface area (Å²) in [5.41, 5.74) is 6.06. The summed E-state index contributed by atoms with van der Waals surface area (Å²) in [4.78, 5) is 54.4. The van der Waals surface area contributed by atoms with Crippen LogP contribution in [0.3, 0.4) is 0 Å². The van der Waals surface area contributed by atoms with Gasteiger partial charge in [0, 0.05) is 86.4 Å². The average Bonchev–Trinajstić information content (AvgIpc) is 3.67. The lowest BCUT2D eigenvalue weighted by atomic mass is 10.0. The number of pyridine rings is 2. The summed E-state index contributed by atoms with van der Waals surface area (Å²) in [7, 11) is 3.31. The van der Waals surface area contributed by atoms with E-state index < -0.39 is 6.09 Å². The number of carbonyl (C=O) groups is 3. The third-order valence-corrected chi connectivity index (χ3v) is 9.63. The maximum atomic E-state index is 13.5. The number of β-amino-alcohol motifs (C(OH)–C–C–N with tert-alkyl or cyclic N) is 1. The Morgan fingerprint density at radius 2 is 1.98 bits per heavy atom. The molecular weight excluding hydrogens is 664 g/mol. The molecule has 6 rings (SSSR count). The van der Waals surface area contributed by atoms with Gasteiger partial charge in [-0.05, 0) is 43.2 Å². The van der Waals surface area contributed by atoms with Gasteiger partial charge in [0.15, 0.2) is 5.82 Å². The predicted octanol–water partition coefficient (Wildman–Crippen LogP) is 3.88. The molecule has 15 heteroatoms. The Morgan fingerprint density at radius 3 is 2.70 bits per heavy atom. The second-order valence-electron chi connectivity index (χ2n) is 12.4. The number of hydrogen-bond acceptors (Lipinski definition) is 9. The minimum Gasteiger partial charge on any atom is -0.481 e. The van der Waals surface area contributed by atoms with Crippen LogP contribution in [-0.2, 0) is 31.4 Å². The van der Waals surface area contributed by atoms with E-state index in [0.29, 0.717) is 70.5 Å². The van der Waals surface area contributed by atoms with E-state index in [1.807, 2.05) is 36.7 Å². The number of carbonyl (C=O) groups excluding carboxylic acids is 2. The highest BCUT2D eigenvalue weighted by molar-refractivity contribution is 6.35. The average molecular weight is 703 g/mol. The molecule has 1 fully saturated rings. The number of nitrogens with zero attached hydrogens (tertiary/aromatic N) is 6. The standard InChI is InChI=1S/C35H39ClN8O6/c1-20-23(5-4-6-25(20)40-33(47)32-39-27-19-43(15-16-45)14-12-28(27)42(32)2)31-30(36)24(11-13-37-31)26-9-7-21(34(41-26)50-3)17-44(35(48)49)18-22-8-10-29(46)38-22/h4-7,9,11,13,22,45H,8,10,12,14-19H2,1-3H3,(H,38,46)(H,40,47)(H,48,49)/t22-/m0/s1. The molecule has 50 heavy (non-hydrogen) atoms. The van der Waals surface area contributed by atoms with E-state index in [9.17, 15) is 24.6 Å². The first-order chi connectivity index (χ1) is 24.1. The highest BCUT2D eigenvalue weighted by atomic mass is 35.5. The normalized spacial score (nSPS) is 15.8. The highest BCUT2D eigenvalue weighted by Gasteiger charge is 2.28. The zero-order valence-corrected chi connectivity index (χ0v) is 28.8. The number of anilines is 1. The molecule has 4 aromatic rings. The number of methoxy groups -OCH3 is 1. The first kappa shape index (κ1) is 34.8. The predicted molar refractivity (Wildman–Crippen MR) is 186 cm³/mol. The summed E-state index contributed by atoms with van der Waals surface area (Å²) in [6, 6.07) is 10.5. The van der Waals surface area contributed by atoms with Gasteiger partial charge in [-0.15, -0.1) is 0 Å². The van der Waals surface area contributed by atoms with Crippen molar-refractivity contribution >= 4 is 35.2 Å². The fourth-order valence-corrected chi connectivity index (χ4v) is 6.88. The van der Waals surface area contributed by atoms with Crippen LogP contribution in [0.15, 0.2) is 42.6 Å². The monoisotopic (exact) mass is 702 g/mol. The zero-order chi connectivity index (χ0) is 35.5. The van der Waals surface area contributed by atoms with Crippen LogP contribution in [0.25, 0.3) is 22.5 Å². The van der Waals surface area contributed by atoms with E-state index in [4.69, 9.17) is 16.3 Å². The van der Waals surface area contributed by atoms with E-state index in [0.717, 1.165) is 29.9 Å². The molecule has 262 valence electrons. The molecule has 1 saturated heterocycles. The molecule has 3 amide bonds. The number of benzene rings is 1. The molecule has 0 unspecified atom stereocenters. The fraction of sp³-hybridized carbons (Fsp3) is 0.371. The smallest absolute Gasteiger partial charge is 0.407 e. The Morgan fingerprint density at radius 1 is 1.16 bits per heavy atom. The third kappa shape index (κ3) is 7.13. The molecular formula is C35H39ClN8O6. The summed E-state index contributed by atoms with van der Waals surface area (Å²) in [5.74, 6) is 0.134. The first-order valence-electron chi connectivity index (χ1n) is 16.3. The number of halogens is 1. The number of carboxylic acid groups (broad SMARTS) is 1. The van der Waals surface area contributed by atoms with Gasteiger partial charge in [0.05, 0.1) is 42.4 Å². The Hall–Kier alpha value is -5.05. The largest absolute Gasteiger partial charge is 0.481 e. The number of ether oxygens (including phenoxy) is 1. The van der Waals surface area contributed by atoms with Crippen molar-refractivity contribution in [3.63, 3.8) is 0 Å². The van der Waals surface area contributed by atoms with Crippen molar-refractivity contribution in [3.05, 3.63) is 76.0 Å². The molecule has 1 aromatic carbocycles. The number of amides is 3. The van der Waals surface area contributed by atoms with Gasteiger partial charge in [-0.3, -0.25) is 19.5 Å². The molecule has 3 aromatic heterocycles. The lowest BCUT2D eigenvalue weighted by Gasteiger charge is -2.25. The van der Waals surface area contributed by atoms with Crippen LogP contribution in [0, 0.1) is 6.92 Å². The number of aliphatic hydroxyl groups is 1. The topological polar surface area (TPSA) is 175 Å². The SMILES string of the molecule is COc1nc(-c2ccnc(-c3cccc(NC(=O)c4nc5c(n4C)CCN(CCO)C5)c3C)c2Cl)ccc1CN(C[C@@H]1CCC(=O)N1)C(=O)O. The summed E-state index contributed by atoms with van der Waals surface area (Å²) in [6.07, 6.45) is 2.21. The van der Waals surface area contributed by atoms with Gasteiger partial charge in [0.25, 0.3) is 5.91 Å². The zero-order valence-electron chi connectivity index (χ0n) is 28.1. The number of aromatic nitrogens is 4. The van der Waals surface area contributed by atoms with Crippen LogP contribution in [0.5, 0.6) is 5.88 Å². The van der Waals surface area contributed by atoms with Crippen molar-refractivity contribution in [3.8, 4) is 28.4 Å². The minimum absolute atomic E-state index is 0.0221.